The van der Waals surface area contributed by atoms with Crippen LogP contribution < -0.4 is 0 Å². The van der Waals surface area contributed by atoms with Crippen molar-refractivity contribution >= 4 is 27.0 Å². The van der Waals surface area contributed by atoms with E-state index in [0.717, 1.165) is 16.9 Å². The van der Waals surface area contributed by atoms with Gasteiger partial charge >= 0.3 is 6.09 Å². The molecule has 0 spiro atoms. The highest BCUT2D eigenvalue weighted by molar-refractivity contribution is 7.90. The summed E-state index contributed by atoms with van der Waals surface area (Å²) in [5, 5.41) is 0. The first-order valence-electron chi connectivity index (χ1n) is 7.72. The Balaban J connectivity index is 1.92. The summed E-state index contributed by atoms with van der Waals surface area (Å²) in [5.74, 6) is 0.729. The molecule has 1 aromatic carbocycles. The molecule has 7 nitrogen and oxygen atoms in total. The van der Waals surface area contributed by atoms with Crippen LogP contribution in [0, 0.1) is 0 Å². The summed E-state index contributed by atoms with van der Waals surface area (Å²) in [6, 6.07) is 4.90. The number of nitrogens with zero attached hydrogens (tertiary/aromatic N) is 3. The highest BCUT2D eigenvalue weighted by Crippen LogP contribution is 2.24. The molecule has 1 aliphatic rings. The molecule has 0 N–H and O–H groups in total. The van der Waals surface area contributed by atoms with Gasteiger partial charge in [-0.3, -0.25) is 4.90 Å². The monoisotopic (exact) mass is 351 g/mol. The summed E-state index contributed by atoms with van der Waals surface area (Å²) < 4.78 is 30.8. The Labute approximate surface area is 141 Å². The van der Waals surface area contributed by atoms with Crippen LogP contribution in [0.2, 0.25) is 0 Å². The molecule has 1 aromatic heterocycles. The van der Waals surface area contributed by atoms with Gasteiger partial charge in [0.15, 0.2) is 9.84 Å². The fourth-order valence-corrected chi connectivity index (χ4v) is 3.35. The summed E-state index contributed by atoms with van der Waals surface area (Å²) in [5.41, 5.74) is 0.958. The van der Waals surface area contributed by atoms with Crippen molar-refractivity contribution in [3.05, 3.63) is 24.0 Å². The van der Waals surface area contributed by atoms with E-state index in [9.17, 15) is 13.2 Å². The van der Waals surface area contributed by atoms with Crippen LogP contribution >= 0.6 is 0 Å². The molecule has 0 saturated heterocycles. The van der Waals surface area contributed by atoms with Gasteiger partial charge in [0.05, 0.1) is 22.5 Å². The highest BCUT2D eigenvalue weighted by atomic mass is 32.2. The number of amides is 1. The molecule has 0 bridgehead atoms. The van der Waals surface area contributed by atoms with Crippen molar-refractivity contribution in [2.24, 2.45) is 0 Å². The predicted octanol–water partition coefficient (Wildman–Crippen LogP) is 2.19. The second kappa shape index (κ2) is 5.47. The maximum Gasteiger partial charge on any atom is 0.410 e. The number of carbonyl (C=O) groups excluding carboxylic acids is 1. The molecule has 8 heteroatoms. The molecule has 0 fully saturated rings. The number of hydrogen-bond donors (Lipinski definition) is 0. The zero-order valence-corrected chi connectivity index (χ0v) is 15.1. The number of ether oxygens (including phenoxy) is 1. The summed E-state index contributed by atoms with van der Waals surface area (Å²) in [7, 11) is -3.27. The van der Waals surface area contributed by atoms with Crippen LogP contribution in [0.3, 0.4) is 0 Å². The zero-order chi connectivity index (χ0) is 17.7. The lowest BCUT2D eigenvalue weighted by molar-refractivity contribution is 0.0196. The lowest BCUT2D eigenvalue weighted by Gasteiger charge is -2.30. The molecule has 0 aliphatic carbocycles. The second-order valence-electron chi connectivity index (χ2n) is 7.00. The van der Waals surface area contributed by atoms with Crippen LogP contribution in [-0.2, 0) is 27.7 Å². The lowest BCUT2D eigenvalue weighted by Crippen LogP contribution is -2.41. The van der Waals surface area contributed by atoms with E-state index >= 15 is 0 Å². The Morgan fingerprint density at radius 3 is 2.58 bits per heavy atom. The van der Waals surface area contributed by atoms with E-state index in [0.29, 0.717) is 19.6 Å². The summed E-state index contributed by atoms with van der Waals surface area (Å²) >= 11 is 0. The van der Waals surface area contributed by atoms with Gasteiger partial charge in [0.2, 0.25) is 0 Å². The maximum atomic E-state index is 12.2. The molecule has 2 aromatic rings. The molecule has 0 saturated carbocycles. The summed E-state index contributed by atoms with van der Waals surface area (Å²) in [6.07, 6.45) is 0.823. The Hall–Kier alpha value is -2.09. The first-order valence-corrected chi connectivity index (χ1v) is 9.61. The van der Waals surface area contributed by atoms with Gasteiger partial charge in [-0.1, -0.05) is 0 Å². The van der Waals surface area contributed by atoms with Crippen molar-refractivity contribution < 1.29 is 17.9 Å². The van der Waals surface area contributed by atoms with Gasteiger partial charge in [0.1, 0.15) is 11.4 Å². The quantitative estimate of drug-likeness (QED) is 0.787. The number of fused-ring (bicyclic) bond motifs is 3. The Bertz CT molecular complexity index is 909. The van der Waals surface area contributed by atoms with E-state index in [-0.39, 0.29) is 11.0 Å². The summed E-state index contributed by atoms with van der Waals surface area (Å²) in [6.45, 7) is 6.89. The van der Waals surface area contributed by atoms with Gasteiger partial charge in [0, 0.05) is 19.3 Å². The first kappa shape index (κ1) is 16.8. The molecule has 3 rings (SSSR count). The SMILES string of the molecule is CC(C)(C)OC(=O)N1CCn2c(nc3ccc(S(C)(=O)=O)cc32)C1. The second-order valence-corrected chi connectivity index (χ2v) is 9.02. The summed E-state index contributed by atoms with van der Waals surface area (Å²) in [4.78, 5) is 18.6. The average molecular weight is 351 g/mol. The third-order valence-corrected chi connectivity index (χ3v) is 4.91. The van der Waals surface area contributed by atoms with E-state index in [4.69, 9.17) is 4.74 Å². The Kier molecular flexibility index (Phi) is 3.82. The van der Waals surface area contributed by atoms with Gasteiger partial charge < -0.3 is 9.30 Å². The standard InChI is InChI=1S/C16H21N3O4S/c1-16(2,3)23-15(20)18-7-8-19-13-9-11(24(4,21)22)5-6-12(13)17-14(19)10-18/h5-6,9H,7-8,10H2,1-4H3. The van der Waals surface area contributed by atoms with E-state index in [1.165, 1.54) is 6.26 Å². The number of imidazole rings is 1. The number of rotatable bonds is 1. The lowest BCUT2D eigenvalue weighted by atomic mass is 10.2. The fraction of sp³-hybridized carbons (Fsp3) is 0.500. The predicted molar refractivity (Wildman–Crippen MR) is 89.5 cm³/mol. The molecular formula is C16H21N3O4S. The van der Waals surface area contributed by atoms with Crippen molar-refractivity contribution in [3.8, 4) is 0 Å². The minimum Gasteiger partial charge on any atom is -0.444 e. The molecule has 130 valence electrons. The average Bonchev–Trinajstić information content (AvgIpc) is 2.81. The largest absolute Gasteiger partial charge is 0.444 e. The van der Waals surface area contributed by atoms with E-state index in [2.05, 4.69) is 4.98 Å². The van der Waals surface area contributed by atoms with Crippen molar-refractivity contribution in [2.45, 2.75) is 44.4 Å². The zero-order valence-electron chi connectivity index (χ0n) is 14.2. The van der Waals surface area contributed by atoms with Gasteiger partial charge in [-0.25, -0.2) is 18.2 Å². The minimum absolute atomic E-state index is 0.271. The van der Waals surface area contributed by atoms with Gasteiger partial charge in [-0.2, -0.15) is 0 Å². The topological polar surface area (TPSA) is 81.5 Å². The minimum atomic E-state index is -3.27. The number of benzene rings is 1. The molecule has 1 aliphatic heterocycles. The maximum absolute atomic E-state index is 12.2. The molecule has 24 heavy (non-hydrogen) atoms. The number of sulfone groups is 1. The van der Waals surface area contributed by atoms with Crippen LogP contribution in [0.1, 0.15) is 26.6 Å². The first-order chi connectivity index (χ1) is 11.0. The molecule has 1 amide bonds. The van der Waals surface area contributed by atoms with Crippen LogP contribution in [-0.4, -0.2) is 47.4 Å². The van der Waals surface area contributed by atoms with Crippen LogP contribution in [0.15, 0.2) is 23.1 Å². The Morgan fingerprint density at radius 1 is 1.25 bits per heavy atom. The fourth-order valence-electron chi connectivity index (χ4n) is 2.71. The van der Waals surface area contributed by atoms with Gasteiger partial charge in [-0.05, 0) is 39.0 Å². The highest BCUT2D eigenvalue weighted by Gasteiger charge is 2.27. The van der Waals surface area contributed by atoms with Crippen LogP contribution in [0.4, 0.5) is 4.79 Å². The van der Waals surface area contributed by atoms with Crippen LogP contribution in [0.5, 0.6) is 0 Å². The van der Waals surface area contributed by atoms with E-state index in [1.54, 1.807) is 23.1 Å². The third-order valence-electron chi connectivity index (χ3n) is 3.80. The molecule has 0 unspecified atom stereocenters. The number of hydrogen-bond acceptors (Lipinski definition) is 5. The van der Waals surface area contributed by atoms with Crippen molar-refractivity contribution in [2.75, 3.05) is 12.8 Å². The van der Waals surface area contributed by atoms with E-state index in [1.807, 2.05) is 25.3 Å². The third kappa shape index (κ3) is 3.24. The number of aromatic nitrogens is 2. The number of carbonyl (C=O) groups is 1. The molecule has 0 radical (unpaired) electrons. The van der Waals surface area contributed by atoms with E-state index < -0.39 is 15.4 Å². The Morgan fingerprint density at radius 2 is 1.96 bits per heavy atom. The molecule has 2 heterocycles. The molecular weight excluding hydrogens is 330 g/mol. The van der Waals surface area contributed by atoms with Gasteiger partial charge in [0.25, 0.3) is 0 Å². The molecule has 0 atom stereocenters. The van der Waals surface area contributed by atoms with Gasteiger partial charge in [-0.15, -0.1) is 0 Å². The van der Waals surface area contributed by atoms with Crippen molar-refractivity contribution in [1.29, 1.82) is 0 Å². The smallest absolute Gasteiger partial charge is 0.410 e. The normalized spacial score (nSPS) is 15.4. The van der Waals surface area contributed by atoms with Crippen LogP contribution in [0.25, 0.3) is 11.0 Å². The van der Waals surface area contributed by atoms with Crippen molar-refractivity contribution in [3.63, 3.8) is 0 Å². The van der Waals surface area contributed by atoms with Crippen molar-refractivity contribution in [1.82, 2.24) is 14.5 Å².